The van der Waals surface area contributed by atoms with E-state index in [1.54, 1.807) is 11.3 Å². The van der Waals surface area contributed by atoms with E-state index in [-0.39, 0.29) is 5.78 Å². The van der Waals surface area contributed by atoms with Gasteiger partial charge in [-0.3, -0.25) is 4.79 Å². The highest BCUT2D eigenvalue weighted by molar-refractivity contribution is 7.10. The van der Waals surface area contributed by atoms with Gasteiger partial charge < -0.3 is 4.74 Å². The molecule has 3 heteroatoms. The van der Waals surface area contributed by atoms with E-state index in [1.165, 1.54) is 4.88 Å². The number of ketones is 1. The third-order valence-electron chi connectivity index (χ3n) is 2.69. The second-order valence-electron chi connectivity index (χ2n) is 3.96. The second-order valence-corrected chi connectivity index (χ2v) is 5.07. The second kappa shape index (κ2) is 3.48. The Bertz CT molecular complexity index is 348. The van der Waals surface area contributed by atoms with Crippen LogP contribution in [0.15, 0.2) is 11.4 Å². The van der Waals surface area contributed by atoms with Crippen molar-refractivity contribution in [2.45, 2.75) is 32.3 Å². The molecule has 76 valence electrons. The molecule has 0 bridgehead atoms. The van der Waals surface area contributed by atoms with Gasteiger partial charge >= 0.3 is 0 Å². The number of hydrogen-bond acceptors (Lipinski definition) is 3. The zero-order chi connectivity index (χ0) is 10.2. The lowest BCUT2D eigenvalue weighted by molar-refractivity contribution is 0.0214. The molecule has 1 aliphatic rings. The summed E-state index contributed by atoms with van der Waals surface area (Å²) >= 11 is 1.61. The first-order chi connectivity index (χ1) is 6.62. The van der Waals surface area contributed by atoms with E-state index >= 15 is 0 Å². The van der Waals surface area contributed by atoms with Gasteiger partial charge in [-0.25, -0.2) is 0 Å². The summed E-state index contributed by atoms with van der Waals surface area (Å²) in [5, 5.41) is 1.92. The minimum Gasteiger partial charge on any atom is -0.367 e. The normalized spacial score (nSPS) is 26.7. The number of carbonyl (C=O) groups excluding carboxylic acids is 1. The van der Waals surface area contributed by atoms with Crippen LogP contribution in [0.2, 0.25) is 0 Å². The Morgan fingerprint density at radius 1 is 1.64 bits per heavy atom. The van der Waals surface area contributed by atoms with Crippen LogP contribution >= 0.6 is 11.3 Å². The predicted molar refractivity (Wildman–Crippen MR) is 57.0 cm³/mol. The van der Waals surface area contributed by atoms with E-state index in [2.05, 4.69) is 0 Å². The average molecular weight is 210 g/mol. The van der Waals surface area contributed by atoms with Gasteiger partial charge in [-0.1, -0.05) is 0 Å². The van der Waals surface area contributed by atoms with E-state index < -0.39 is 5.60 Å². The molecule has 0 spiro atoms. The molecule has 0 aromatic carbocycles. The highest BCUT2D eigenvalue weighted by Crippen LogP contribution is 2.30. The van der Waals surface area contributed by atoms with Gasteiger partial charge in [0.15, 0.2) is 5.78 Å². The zero-order valence-corrected chi connectivity index (χ0v) is 9.32. The molecule has 1 aromatic rings. The van der Waals surface area contributed by atoms with E-state index in [0.717, 1.165) is 18.4 Å². The number of aryl methyl sites for hydroxylation is 1. The predicted octanol–water partition coefficient (Wildman–Crippen LogP) is 2.81. The highest BCUT2D eigenvalue weighted by Gasteiger charge is 2.38. The standard InChI is InChI=1S/C11H14O2S/c1-8-6-9(7-14-8)10(12)11(2)4-3-5-13-11/h6-7H,3-5H2,1-2H3. The van der Waals surface area contributed by atoms with Gasteiger partial charge in [0.2, 0.25) is 0 Å². The smallest absolute Gasteiger partial charge is 0.195 e. The number of ether oxygens (including phenoxy) is 1. The van der Waals surface area contributed by atoms with Gasteiger partial charge in [-0.15, -0.1) is 11.3 Å². The van der Waals surface area contributed by atoms with Gasteiger partial charge in [0.1, 0.15) is 5.60 Å². The number of thiophene rings is 1. The van der Waals surface area contributed by atoms with Gasteiger partial charge in [0.25, 0.3) is 0 Å². The number of carbonyl (C=O) groups is 1. The maximum atomic E-state index is 12.1. The van der Waals surface area contributed by atoms with Gasteiger partial charge in [-0.05, 0) is 32.8 Å². The van der Waals surface area contributed by atoms with Crippen LogP contribution in [-0.2, 0) is 4.74 Å². The molecule has 0 aliphatic carbocycles. The Labute approximate surface area is 87.9 Å². The zero-order valence-electron chi connectivity index (χ0n) is 8.50. The van der Waals surface area contributed by atoms with Crippen molar-refractivity contribution in [2.75, 3.05) is 6.61 Å². The summed E-state index contributed by atoms with van der Waals surface area (Å²) in [4.78, 5) is 13.2. The van der Waals surface area contributed by atoms with Crippen molar-refractivity contribution in [3.05, 3.63) is 21.9 Å². The first-order valence-corrected chi connectivity index (χ1v) is 5.74. The molecule has 1 unspecified atom stereocenters. The first-order valence-electron chi connectivity index (χ1n) is 4.86. The summed E-state index contributed by atoms with van der Waals surface area (Å²) in [6, 6.07) is 1.94. The van der Waals surface area contributed by atoms with Crippen LogP contribution in [0.4, 0.5) is 0 Å². The molecule has 0 radical (unpaired) electrons. The summed E-state index contributed by atoms with van der Waals surface area (Å²) in [5.41, 5.74) is 0.241. The van der Waals surface area contributed by atoms with Crippen molar-refractivity contribution >= 4 is 17.1 Å². The number of rotatable bonds is 2. The van der Waals surface area contributed by atoms with Crippen LogP contribution in [0.1, 0.15) is 35.0 Å². The number of hydrogen-bond donors (Lipinski definition) is 0. The summed E-state index contributed by atoms with van der Waals surface area (Å²) in [6.45, 7) is 4.62. The van der Waals surface area contributed by atoms with E-state index in [4.69, 9.17) is 4.74 Å². The Morgan fingerprint density at radius 3 is 2.93 bits per heavy atom. The van der Waals surface area contributed by atoms with Crippen LogP contribution in [0.25, 0.3) is 0 Å². The van der Waals surface area contributed by atoms with Crippen LogP contribution in [-0.4, -0.2) is 18.0 Å². The topological polar surface area (TPSA) is 26.3 Å². The fourth-order valence-corrected chi connectivity index (χ4v) is 2.51. The fourth-order valence-electron chi connectivity index (χ4n) is 1.83. The molecular formula is C11H14O2S. The summed E-state index contributed by atoms with van der Waals surface area (Å²) in [7, 11) is 0. The quantitative estimate of drug-likeness (QED) is 0.702. The SMILES string of the molecule is Cc1cc(C(=O)C2(C)CCCO2)cs1. The summed E-state index contributed by atoms with van der Waals surface area (Å²) in [5.74, 6) is 0.138. The third-order valence-corrected chi connectivity index (χ3v) is 3.55. The summed E-state index contributed by atoms with van der Waals surface area (Å²) < 4.78 is 5.52. The maximum absolute atomic E-state index is 12.1. The van der Waals surface area contributed by atoms with Crippen LogP contribution in [0, 0.1) is 6.92 Å². The van der Waals surface area contributed by atoms with Crippen molar-refractivity contribution in [1.29, 1.82) is 0 Å². The van der Waals surface area contributed by atoms with Gasteiger partial charge in [-0.2, -0.15) is 0 Å². The van der Waals surface area contributed by atoms with Crippen LogP contribution < -0.4 is 0 Å². The summed E-state index contributed by atoms with van der Waals surface area (Å²) in [6.07, 6.45) is 1.84. The monoisotopic (exact) mass is 210 g/mol. The molecule has 0 saturated carbocycles. The molecule has 0 N–H and O–H groups in total. The van der Waals surface area contributed by atoms with Crippen molar-refractivity contribution in [2.24, 2.45) is 0 Å². The number of Topliss-reactive ketones (excluding diaryl/α,β-unsaturated/α-hetero) is 1. The molecule has 1 aliphatic heterocycles. The Morgan fingerprint density at radius 2 is 2.43 bits per heavy atom. The van der Waals surface area contributed by atoms with Crippen molar-refractivity contribution < 1.29 is 9.53 Å². The Hall–Kier alpha value is -0.670. The maximum Gasteiger partial charge on any atom is 0.195 e. The molecule has 2 nitrogen and oxygen atoms in total. The van der Waals surface area contributed by atoms with Crippen molar-refractivity contribution in [3.8, 4) is 0 Å². The lowest BCUT2D eigenvalue weighted by Gasteiger charge is -2.20. The highest BCUT2D eigenvalue weighted by atomic mass is 32.1. The van der Waals surface area contributed by atoms with E-state index in [9.17, 15) is 4.79 Å². The Balaban J connectivity index is 2.23. The lowest BCUT2D eigenvalue weighted by atomic mass is 9.93. The third kappa shape index (κ3) is 1.62. The molecule has 14 heavy (non-hydrogen) atoms. The fraction of sp³-hybridized carbons (Fsp3) is 0.545. The minimum absolute atomic E-state index is 0.138. The van der Waals surface area contributed by atoms with Crippen molar-refractivity contribution in [1.82, 2.24) is 0 Å². The largest absolute Gasteiger partial charge is 0.367 e. The van der Waals surface area contributed by atoms with Gasteiger partial charge in [0, 0.05) is 22.4 Å². The van der Waals surface area contributed by atoms with Crippen LogP contribution in [0.3, 0.4) is 0 Å². The Kier molecular flexibility index (Phi) is 2.45. The molecular weight excluding hydrogens is 196 g/mol. The lowest BCUT2D eigenvalue weighted by Crippen LogP contribution is -2.33. The van der Waals surface area contributed by atoms with Crippen LogP contribution in [0.5, 0.6) is 0 Å². The molecule has 1 aromatic heterocycles. The first kappa shape index (κ1) is 9.87. The van der Waals surface area contributed by atoms with Gasteiger partial charge in [0.05, 0.1) is 0 Å². The molecule has 1 fully saturated rings. The molecule has 1 atom stereocenters. The average Bonchev–Trinajstić information content (AvgIpc) is 2.74. The molecule has 2 rings (SSSR count). The van der Waals surface area contributed by atoms with Crippen molar-refractivity contribution in [3.63, 3.8) is 0 Å². The molecule has 1 saturated heterocycles. The molecule has 0 amide bonds. The van der Waals surface area contributed by atoms with E-state index in [0.29, 0.717) is 6.61 Å². The molecule has 2 heterocycles. The minimum atomic E-state index is -0.562. The van der Waals surface area contributed by atoms with E-state index in [1.807, 2.05) is 25.3 Å².